The van der Waals surface area contributed by atoms with Crippen molar-refractivity contribution in [3.05, 3.63) is 41.8 Å². The fourth-order valence-electron chi connectivity index (χ4n) is 2.32. The van der Waals surface area contributed by atoms with E-state index in [9.17, 15) is 9.18 Å². The highest BCUT2D eigenvalue weighted by Crippen LogP contribution is 2.14. The second-order valence-electron chi connectivity index (χ2n) is 4.88. The molecule has 1 N–H and O–H groups in total. The summed E-state index contributed by atoms with van der Waals surface area (Å²) in [5, 5.41) is 3.61. The van der Waals surface area contributed by atoms with Gasteiger partial charge >= 0.3 is 0 Å². The van der Waals surface area contributed by atoms with Crippen molar-refractivity contribution in [3.63, 3.8) is 0 Å². The maximum atomic E-state index is 13.2. The Bertz CT molecular complexity index is 639. The molecule has 0 bridgehead atoms. The van der Waals surface area contributed by atoms with E-state index in [4.69, 9.17) is 4.74 Å². The lowest BCUT2D eigenvalue weighted by atomic mass is 10.2. The molecule has 1 saturated heterocycles. The van der Waals surface area contributed by atoms with Crippen LogP contribution in [0.1, 0.15) is 23.3 Å². The molecule has 2 heterocycles. The van der Waals surface area contributed by atoms with Crippen molar-refractivity contribution >= 4 is 16.8 Å². The molecule has 3 rings (SSSR count). The van der Waals surface area contributed by atoms with Gasteiger partial charge in [0.05, 0.1) is 11.6 Å². The Morgan fingerprint density at radius 2 is 2.25 bits per heavy atom. The second-order valence-corrected chi connectivity index (χ2v) is 4.88. The van der Waals surface area contributed by atoms with Gasteiger partial charge in [0, 0.05) is 24.6 Å². The molecule has 1 fully saturated rings. The number of hydrogen-bond donors (Lipinski definition) is 1. The van der Waals surface area contributed by atoms with Crippen LogP contribution in [0.15, 0.2) is 30.3 Å². The van der Waals surface area contributed by atoms with Gasteiger partial charge in [0.2, 0.25) is 0 Å². The lowest BCUT2D eigenvalue weighted by molar-refractivity contribution is 0.0854. The number of ether oxygens (including phenoxy) is 1. The number of hydrogen-bond acceptors (Lipinski definition) is 3. The van der Waals surface area contributed by atoms with Crippen molar-refractivity contribution in [2.24, 2.45) is 0 Å². The topological polar surface area (TPSA) is 51.2 Å². The zero-order valence-electron chi connectivity index (χ0n) is 10.9. The molecule has 1 amide bonds. The standard InChI is InChI=1S/C15H15FN2O2/c16-11-5-3-10-4-6-13(18-14(10)8-11)15(19)17-9-12-2-1-7-20-12/h3-6,8,12H,1-2,7,9H2,(H,17,19). The zero-order chi connectivity index (χ0) is 13.9. The van der Waals surface area contributed by atoms with Gasteiger partial charge < -0.3 is 10.1 Å². The first-order valence-electron chi connectivity index (χ1n) is 6.68. The quantitative estimate of drug-likeness (QED) is 0.934. The van der Waals surface area contributed by atoms with Crippen LogP contribution in [0.5, 0.6) is 0 Å². The van der Waals surface area contributed by atoms with E-state index in [0.717, 1.165) is 24.8 Å². The van der Waals surface area contributed by atoms with Crippen LogP contribution in [-0.2, 0) is 4.74 Å². The summed E-state index contributed by atoms with van der Waals surface area (Å²) in [4.78, 5) is 16.2. The predicted molar refractivity (Wildman–Crippen MR) is 73.0 cm³/mol. The Labute approximate surface area is 116 Å². The molecule has 0 spiro atoms. The Morgan fingerprint density at radius 1 is 1.40 bits per heavy atom. The minimum Gasteiger partial charge on any atom is -0.376 e. The maximum absolute atomic E-state index is 13.2. The fourth-order valence-corrected chi connectivity index (χ4v) is 2.32. The third kappa shape index (κ3) is 2.77. The van der Waals surface area contributed by atoms with Crippen LogP contribution in [0.3, 0.4) is 0 Å². The summed E-state index contributed by atoms with van der Waals surface area (Å²) in [6, 6.07) is 7.76. The number of fused-ring (bicyclic) bond motifs is 1. The van der Waals surface area contributed by atoms with Crippen LogP contribution in [-0.4, -0.2) is 30.1 Å². The van der Waals surface area contributed by atoms with E-state index in [1.807, 2.05) is 0 Å². The fraction of sp³-hybridized carbons (Fsp3) is 0.333. The highest BCUT2D eigenvalue weighted by atomic mass is 19.1. The van der Waals surface area contributed by atoms with Crippen molar-refractivity contribution in [1.29, 1.82) is 0 Å². The number of benzene rings is 1. The van der Waals surface area contributed by atoms with Crippen molar-refractivity contribution in [1.82, 2.24) is 10.3 Å². The molecule has 2 aromatic rings. The largest absolute Gasteiger partial charge is 0.376 e. The molecule has 1 aliphatic heterocycles. The van der Waals surface area contributed by atoms with Gasteiger partial charge in [0.1, 0.15) is 11.5 Å². The lowest BCUT2D eigenvalue weighted by Gasteiger charge is -2.10. The van der Waals surface area contributed by atoms with E-state index in [-0.39, 0.29) is 17.8 Å². The molecule has 1 aromatic carbocycles. The SMILES string of the molecule is O=C(NCC1CCCO1)c1ccc2ccc(F)cc2n1. The minimum absolute atomic E-state index is 0.0943. The van der Waals surface area contributed by atoms with Crippen molar-refractivity contribution in [2.75, 3.05) is 13.2 Å². The third-order valence-electron chi connectivity index (χ3n) is 3.40. The maximum Gasteiger partial charge on any atom is 0.269 e. The predicted octanol–water partition coefficient (Wildman–Crippen LogP) is 2.28. The van der Waals surface area contributed by atoms with Gasteiger partial charge in [-0.25, -0.2) is 9.37 Å². The van der Waals surface area contributed by atoms with Crippen molar-refractivity contribution < 1.29 is 13.9 Å². The van der Waals surface area contributed by atoms with Gasteiger partial charge in [-0.3, -0.25) is 4.79 Å². The van der Waals surface area contributed by atoms with Crippen LogP contribution >= 0.6 is 0 Å². The smallest absolute Gasteiger partial charge is 0.269 e. The average molecular weight is 274 g/mol. The van der Waals surface area contributed by atoms with Crippen LogP contribution in [0.4, 0.5) is 4.39 Å². The van der Waals surface area contributed by atoms with Crippen LogP contribution in [0, 0.1) is 5.82 Å². The minimum atomic E-state index is -0.359. The number of carbonyl (C=O) groups is 1. The summed E-state index contributed by atoms with van der Waals surface area (Å²) < 4.78 is 18.6. The molecule has 1 unspecified atom stereocenters. The van der Waals surface area contributed by atoms with Gasteiger partial charge in [-0.2, -0.15) is 0 Å². The number of rotatable bonds is 3. The molecule has 1 atom stereocenters. The van der Waals surface area contributed by atoms with E-state index in [1.165, 1.54) is 12.1 Å². The van der Waals surface area contributed by atoms with Gasteiger partial charge in [0.15, 0.2) is 0 Å². The Morgan fingerprint density at radius 3 is 3.05 bits per heavy atom. The van der Waals surface area contributed by atoms with E-state index in [1.54, 1.807) is 18.2 Å². The summed E-state index contributed by atoms with van der Waals surface area (Å²) in [6.07, 6.45) is 2.10. The van der Waals surface area contributed by atoms with Crippen molar-refractivity contribution in [2.45, 2.75) is 18.9 Å². The zero-order valence-corrected chi connectivity index (χ0v) is 10.9. The average Bonchev–Trinajstić information content (AvgIpc) is 2.97. The normalized spacial score (nSPS) is 18.4. The van der Waals surface area contributed by atoms with E-state index in [2.05, 4.69) is 10.3 Å². The molecule has 1 aromatic heterocycles. The molecule has 104 valence electrons. The molecule has 0 aliphatic carbocycles. The first-order chi connectivity index (χ1) is 9.72. The second kappa shape index (κ2) is 5.54. The summed E-state index contributed by atoms with van der Waals surface area (Å²) in [5.74, 6) is -0.617. The molecule has 1 aliphatic rings. The van der Waals surface area contributed by atoms with Gasteiger partial charge in [-0.1, -0.05) is 6.07 Å². The summed E-state index contributed by atoms with van der Waals surface area (Å²) in [7, 11) is 0. The van der Waals surface area contributed by atoms with Crippen LogP contribution in [0.25, 0.3) is 10.9 Å². The number of amides is 1. The first kappa shape index (κ1) is 13.0. The number of halogens is 1. The van der Waals surface area contributed by atoms with Gasteiger partial charge in [-0.15, -0.1) is 0 Å². The van der Waals surface area contributed by atoms with Crippen LogP contribution in [0.2, 0.25) is 0 Å². The lowest BCUT2D eigenvalue weighted by Crippen LogP contribution is -2.32. The Hall–Kier alpha value is -2.01. The number of nitrogens with one attached hydrogen (secondary N) is 1. The Balaban J connectivity index is 1.73. The van der Waals surface area contributed by atoms with Crippen molar-refractivity contribution in [3.8, 4) is 0 Å². The van der Waals surface area contributed by atoms with Gasteiger partial charge in [0.25, 0.3) is 5.91 Å². The molecular weight excluding hydrogens is 259 g/mol. The highest BCUT2D eigenvalue weighted by Gasteiger charge is 2.17. The Kier molecular flexibility index (Phi) is 3.60. The number of carbonyl (C=O) groups excluding carboxylic acids is 1. The monoisotopic (exact) mass is 274 g/mol. The number of pyridine rings is 1. The van der Waals surface area contributed by atoms with Gasteiger partial charge in [-0.05, 0) is 31.0 Å². The highest BCUT2D eigenvalue weighted by molar-refractivity contribution is 5.94. The summed E-state index contributed by atoms with van der Waals surface area (Å²) in [6.45, 7) is 1.25. The molecule has 20 heavy (non-hydrogen) atoms. The third-order valence-corrected chi connectivity index (χ3v) is 3.40. The molecule has 4 nitrogen and oxygen atoms in total. The number of aromatic nitrogens is 1. The molecule has 0 radical (unpaired) electrons. The molecule has 0 saturated carbocycles. The molecule has 5 heteroatoms. The summed E-state index contributed by atoms with van der Waals surface area (Å²) >= 11 is 0. The van der Waals surface area contributed by atoms with E-state index < -0.39 is 0 Å². The van der Waals surface area contributed by atoms with E-state index in [0.29, 0.717) is 17.8 Å². The first-order valence-corrected chi connectivity index (χ1v) is 6.68. The van der Waals surface area contributed by atoms with E-state index >= 15 is 0 Å². The number of nitrogens with zero attached hydrogens (tertiary/aromatic N) is 1. The summed E-state index contributed by atoms with van der Waals surface area (Å²) in [5.41, 5.74) is 0.774. The molecular formula is C15H15FN2O2. The van der Waals surface area contributed by atoms with Crippen LogP contribution < -0.4 is 5.32 Å².